The van der Waals surface area contributed by atoms with Crippen molar-refractivity contribution in [1.29, 1.82) is 0 Å². The molecule has 3 aromatic rings. The summed E-state index contributed by atoms with van der Waals surface area (Å²) in [6.07, 6.45) is 1.62. The van der Waals surface area contributed by atoms with Gasteiger partial charge in [-0.1, -0.05) is 56.6 Å². The van der Waals surface area contributed by atoms with Crippen molar-refractivity contribution in [2.24, 2.45) is 0 Å². The van der Waals surface area contributed by atoms with E-state index in [1.54, 1.807) is 12.3 Å². The number of hydrogen-bond acceptors (Lipinski definition) is 5. The fourth-order valence-electron chi connectivity index (χ4n) is 1.64. The van der Waals surface area contributed by atoms with E-state index in [9.17, 15) is 0 Å². The van der Waals surface area contributed by atoms with E-state index in [4.69, 9.17) is 16.1 Å². The van der Waals surface area contributed by atoms with Gasteiger partial charge in [0, 0.05) is 16.2 Å². The SMILES string of the molecule is Clc1ccc(SCc2nc(-c3cccc(Br)c3)no2)nc1. The molecule has 0 N–H and O–H groups in total. The van der Waals surface area contributed by atoms with Gasteiger partial charge in [0.1, 0.15) is 0 Å². The second kappa shape index (κ2) is 6.60. The van der Waals surface area contributed by atoms with E-state index in [0.29, 0.717) is 22.5 Å². The van der Waals surface area contributed by atoms with Gasteiger partial charge >= 0.3 is 0 Å². The summed E-state index contributed by atoms with van der Waals surface area (Å²) in [4.78, 5) is 8.59. The number of nitrogens with zero attached hydrogens (tertiary/aromatic N) is 3. The molecule has 21 heavy (non-hydrogen) atoms. The summed E-state index contributed by atoms with van der Waals surface area (Å²) in [6, 6.07) is 11.4. The van der Waals surface area contributed by atoms with Gasteiger partial charge < -0.3 is 4.52 Å². The summed E-state index contributed by atoms with van der Waals surface area (Å²) >= 11 is 10.7. The number of hydrogen-bond donors (Lipinski definition) is 0. The van der Waals surface area contributed by atoms with Crippen LogP contribution in [-0.2, 0) is 5.75 Å². The van der Waals surface area contributed by atoms with Gasteiger partial charge in [-0.05, 0) is 24.3 Å². The third-order valence-electron chi connectivity index (χ3n) is 2.59. The van der Waals surface area contributed by atoms with Gasteiger partial charge in [0.05, 0.1) is 15.8 Å². The number of benzene rings is 1. The van der Waals surface area contributed by atoms with Crippen molar-refractivity contribution in [2.45, 2.75) is 10.8 Å². The topological polar surface area (TPSA) is 51.8 Å². The maximum absolute atomic E-state index is 5.80. The Morgan fingerprint density at radius 1 is 1.24 bits per heavy atom. The molecule has 0 atom stereocenters. The molecule has 0 saturated carbocycles. The average molecular weight is 383 g/mol. The second-order valence-corrected chi connectivity index (χ2v) is 6.47. The predicted octanol–water partition coefficient (Wildman–Crippen LogP) is 4.84. The third kappa shape index (κ3) is 3.84. The molecule has 7 heteroatoms. The normalized spacial score (nSPS) is 10.8. The zero-order valence-electron chi connectivity index (χ0n) is 10.7. The fraction of sp³-hybridized carbons (Fsp3) is 0.0714. The molecule has 0 radical (unpaired) electrons. The zero-order valence-corrected chi connectivity index (χ0v) is 13.8. The van der Waals surface area contributed by atoms with Crippen LogP contribution in [0.3, 0.4) is 0 Å². The Morgan fingerprint density at radius 2 is 2.14 bits per heavy atom. The molecule has 0 amide bonds. The molecule has 4 nitrogen and oxygen atoms in total. The van der Waals surface area contributed by atoms with Gasteiger partial charge in [-0.25, -0.2) is 4.98 Å². The molecular weight excluding hydrogens is 374 g/mol. The minimum Gasteiger partial charge on any atom is -0.338 e. The van der Waals surface area contributed by atoms with E-state index in [0.717, 1.165) is 15.1 Å². The molecule has 0 aliphatic rings. The summed E-state index contributed by atoms with van der Waals surface area (Å²) in [7, 11) is 0. The number of rotatable bonds is 4. The van der Waals surface area contributed by atoms with Crippen LogP contribution in [0.25, 0.3) is 11.4 Å². The van der Waals surface area contributed by atoms with Crippen LogP contribution in [0.15, 0.2) is 56.6 Å². The van der Waals surface area contributed by atoms with Crippen LogP contribution in [0, 0.1) is 0 Å². The van der Waals surface area contributed by atoms with Gasteiger partial charge in [-0.3, -0.25) is 0 Å². The highest BCUT2D eigenvalue weighted by Crippen LogP contribution is 2.24. The van der Waals surface area contributed by atoms with Gasteiger partial charge in [0.25, 0.3) is 0 Å². The molecular formula is C14H9BrClN3OS. The Kier molecular flexibility index (Phi) is 4.57. The lowest BCUT2D eigenvalue weighted by atomic mass is 10.2. The summed E-state index contributed by atoms with van der Waals surface area (Å²) < 4.78 is 6.23. The number of aromatic nitrogens is 3. The molecule has 0 saturated heterocycles. The lowest BCUT2D eigenvalue weighted by Crippen LogP contribution is -1.84. The molecule has 2 heterocycles. The molecule has 106 valence electrons. The lowest BCUT2D eigenvalue weighted by Gasteiger charge is -1.96. The van der Waals surface area contributed by atoms with Crippen molar-refractivity contribution in [2.75, 3.05) is 0 Å². The van der Waals surface area contributed by atoms with Crippen LogP contribution in [0.5, 0.6) is 0 Å². The van der Waals surface area contributed by atoms with Crippen LogP contribution < -0.4 is 0 Å². The molecule has 0 bridgehead atoms. The Balaban J connectivity index is 1.69. The predicted molar refractivity (Wildman–Crippen MR) is 86.2 cm³/mol. The maximum atomic E-state index is 5.80. The maximum Gasteiger partial charge on any atom is 0.237 e. The first-order chi connectivity index (χ1) is 10.2. The first-order valence-electron chi connectivity index (χ1n) is 6.03. The molecule has 1 aromatic carbocycles. The first-order valence-corrected chi connectivity index (χ1v) is 8.19. The third-order valence-corrected chi connectivity index (χ3v) is 4.24. The Labute approximate surface area is 139 Å². The standard InChI is InChI=1S/C14H9BrClN3OS/c15-10-3-1-2-9(6-10)14-18-12(20-19-14)8-21-13-5-4-11(16)7-17-13/h1-7H,8H2. The number of thioether (sulfide) groups is 1. The van der Waals surface area contributed by atoms with E-state index in [1.165, 1.54) is 11.8 Å². The highest BCUT2D eigenvalue weighted by atomic mass is 79.9. The minimum atomic E-state index is 0.562. The smallest absolute Gasteiger partial charge is 0.237 e. The van der Waals surface area contributed by atoms with Crippen molar-refractivity contribution >= 4 is 39.3 Å². The molecule has 3 rings (SSSR count). The monoisotopic (exact) mass is 381 g/mol. The Bertz CT molecular complexity index is 748. The molecule has 2 aromatic heterocycles. The lowest BCUT2D eigenvalue weighted by molar-refractivity contribution is 0.391. The summed E-state index contributed by atoms with van der Waals surface area (Å²) in [5.74, 6) is 1.71. The van der Waals surface area contributed by atoms with Crippen molar-refractivity contribution in [3.05, 3.63) is 58.0 Å². The highest BCUT2D eigenvalue weighted by Gasteiger charge is 2.09. The average Bonchev–Trinajstić information content (AvgIpc) is 2.96. The molecule has 0 unspecified atom stereocenters. The quantitative estimate of drug-likeness (QED) is 0.604. The summed E-state index contributed by atoms with van der Waals surface area (Å²) in [5, 5.41) is 5.47. The summed E-state index contributed by atoms with van der Waals surface area (Å²) in [6.45, 7) is 0. The van der Waals surface area contributed by atoms with Gasteiger partial charge in [-0.15, -0.1) is 0 Å². The van der Waals surface area contributed by atoms with E-state index in [-0.39, 0.29) is 0 Å². The van der Waals surface area contributed by atoms with Gasteiger partial charge in [0.2, 0.25) is 11.7 Å². The Hall–Kier alpha value is -1.37. The van der Waals surface area contributed by atoms with Crippen LogP contribution in [0.2, 0.25) is 5.02 Å². The minimum absolute atomic E-state index is 0.562. The van der Waals surface area contributed by atoms with E-state index >= 15 is 0 Å². The second-order valence-electron chi connectivity index (χ2n) is 4.13. The van der Waals surface area contributed by atoms with Crippen LogP contribution >= 0.6 is 39.3 Å². The van der Waals surface area contributed by atoms with E-state index in [2.05, 4.69) is 31.1 Å². The van der Waals surface area contributed by atoms with E-state index < -0.39 is 0 Å². The zero-order chi connectivity index (χ0) is 14.7. The van der Waals surface area contributed by atoms with Gasteiger partial charge in [-0.2, -0.15) is 4.98 Å². The van der Waals surface area contributed by atoms with Crippen molar-refractivity contribution in [3.8, 4) is 11.4 Å². The highest BCUT2D eigenvalue weighted by molar-refractivity contribution is 9.10. The van der Waals surface area contributed by atoms with Crippen LogP contribution in [0.1, 0.15) is 5.89 Å². The summed E-state index contributed by atoms with van der Waals surface area (Å²) in [5.41, 5.74) is 0.911. The largest absolute Gasteiger partial charge is 0.338 e. The van der Waals surface area contributed by atoms with E-state index in [1.807, 2.05) is 30.3 Å². The number of halogens is 2. The number of pyridine rings is 1. The molecule has 0 aliphatic carbocycles. The fourth-order valence-corrected chi connectivity index (χ4v) is 2.83. The van der Waals surface area contributed by atoms with Crippen LogP contribution in [0.4, 0.5) is 0 Å². The molecule has 0 fully saturated rings. The Morgan fingerprint density at radius 3 is 2.90 bits per heavy atom. The van der Waals surface area contributed by atoms with Gasteiger partial charge in [0.15, 0.2) is 0 Å². The first kappa shape index (κ1) is 14.6. The van der Waals surface area contributed by atoms with Crippen LogP contribution in [-0.4, -0.2) is 15.1 Å². The van der Waals surface area contributed by atoms with Crippen molar-refractivity contribution in [1.82, 2.24) is 15.1 Å². The van der Waals surface area contributed by atoms with Crippen molar-refractivity contribution < 1.29 is 4.52 Å². The molecule has 0 spiro atoms. The van der Waals surface area contributed by atoms with Crippen molar-refractivity contribution in [3.63, 3.8) is 0 Å². The molecule has 0 aliphatic heterocycles.